The van der Waals surface area contributed by atoms with E-state index in [9.17, 15) is 4.79 Å². The highest BCUT2D eigenvalue weighted by Gasteiger charge is 2.08. The lowest BCUT2D eigenvalue weighted by atomic mass is 10.3. The minimum atomic E-state index is -0.512. The van der Waals surface area contributed by atoms with Crippen LogP contribution in [0.5, 0.6) is 5.75 Å². The van der Waals surface area contributed by atoms with Gasteiger partial charge in [-0.15, -0.1) is 0 Å². The minimum absolute atomic E-state index is 0.384. The van der Waals surface area contributed by atoms with Crippen LogP contribution in [-0.2, 0) is 4.74 Å². The van der Waals surface area contributed by atoms with E-state index in [2.05, 4.69) is 5.32 Å². The Labute approximate surface area is 99.5 Å². The molecule has 88 valence electrons. The monoisotopic (exact) mass is 243 g/mol. The van der Waals surface area contributed by atoms with Crippen molar-refractivity contribution >= 4 is 23.4 Å². The Morgan fingerprint density at radius 1 is 1.50 bits per heavy atom. The highest BCUT2D eigenvalue weighted by atomic mass is 35.5. The number of nitrogens with one attached hydrogen (secondary N) is 1. The smallest absolute Gasteiger partial charge is 0.411 e. The maximum Gasteiger partial charge on any atom is 0.411 e. The first-order valence-electron chi connectivity index (χ1n) is 4.94. The molecular formula is C11H14ClNO3. The average molecular weight is 244 g/mol. The number of hydrogen-bond acceptors (Lipinski definition) is 3. The fraction of sp³-hybridized carbons (Fsp3) is 0.364. The Morgan fingerprint density at radius 2 is 2.25 bits per heavy atom. The first-order valence-corrected chi connectivity index (χ1v) is 5.32. The molecule has 0 atom stereocenters. The van der Waals surface area contributed by atoms with E-state index in [-0.39, 0.29) is 0 Å². The Kier molecular flexibility index (Phi) is 4.92. The van der Waals surface area contributed by atoms with E-state index < -0.39 is 6.09 Å². The molecule has 0 saturated heterocycles. The quantitative estimate of drug-likeness (QED) is 0.883. The molecule has 0 saturated carbocycles. The molecule has 0 unspecified atom stereocenters. The molecule has 0 spiro atoms. The highest BCUT2D eigenvalue weighted by Crippen LogP contribution is 2.27. The van der Waals surface area contributed by atoms with Crippen LogP contribution < -0.4 is 10.1 Å². The van der Waals surface area contributed by atoms with Gasteiger partial charge in [-0.3, -0.25) is 5.32 Å². The molecule has 0 aliphatic rings. The molecule has 5 heteroatoms. The first-order chi connectivity index (χ1) is 7.67. The van der Waals surface area contributed by atoms with Crippen LogP contribution in [0.4, 0.5) is 10.5 Å². The Hall–Kier alpha value is -1.42. The van der Waals surface area contributed by atoms with Crippen molar-refractivity contribution in [2.45, 2.75) is 13.3 Å². The fourth-order valence-corrected chi connectivity index (χ4v) is 1.29. The molecule has 4 nitrogen and oxygen atoms in total. The Balaban J connectivity index is 2.71. The molecule has 0 aliphatic carbocycles. The molecule has 1 amide bonds. The van der Waals surface area contributed by atoms with E-state index in [1.54, 1.807) is 18.2 Å². The predicted molar refractivity (Wildman–Crippen MR) is 63.3 cm³/mol. The number of carbonyl (C=O) groups excluding carboxylic acids is 1. The van der Waals surface area contributed by atoms with Crippen molar-refractivity contribution in [1.29, 1.82) is 0 Å². The number of rotatable bonds is 4. The summed E-state index contributed by atoms with van der Waals surface area (Å²) in [5.41, 5.74) is 0.496. The summed E-state index contributed by atoms with van der Waals surface area (Å²) in [7, 11) is 1.52. The molecule has 0 radical (unpaired) electrons. The second kappa shape index (κ2) is 6.23. The summed E-state index contributed by atoms with van der Waals surface area (Å²) in [5.74, 6) is 0.540. The summed E-state index contributed by atoms with van der Waals surface area (Å²) in [4.78, 5) is 11.3. The third kappa shape index (κ3) is 3.62. The van der Waals surface area contributed by atoms with E-state index in [4.69, 9.17) is 21.1 Å². The van der Waals surface area contributed by atoms with Gasteiger partial charge in [0.1, 0.15) is 5.75 Å². The molecule has 1 aromatic rings. The number of carbonyl (C=O) groups is 1. The molecule has 0 aromatic heterocycles. The summed E-state index contributed by atoms with van der Waals surface area (Å²) in [5, 5.41) is 3.09. The van der Waals surface area contributed by atoms with Gasteiger partial charge in [0.2, 0.25) is 0 Å². The molecule has 16 heavy (non-hydrogen) atoms. The first kappa shape index (κ1) is 12.6. The Morgan fingerprint density at radius 3 is 2.88 bits per heavy atom. The number of hydrogen-bond donors (Lipinski definition) is 1. The van der Waals surface area contributed by atoms with Crippen molar-refractivity contribution in [1.82, 2.24) is 0 Å². The van der Waals surface area contributed by atoms with Crippen LogP contribution in [0.2, 0.25) is 5.02 Å². The second-order valence-electron chi connectivity index (χ2n) is 3.11. The lowest BCUT2D eigenvalue weighted by Gasteiger charge is -2.10. The number of benzene rings is 1. The van der Waals surface area contributed by atoms with Crippen molar-refractivity contribution in [2.24, 2.45) is 0 Å². The summed E-state index contributed by atoms with van der Waals surface area (Å²) in [6, 6.07) is 4.97. The van der Waals surface area contributed by atoms with E-state index in [0.29, 0.717) is 23.1 Å². The molecule has 1 N–H and O–H groups in total. The topological polar surface area (TPSA) is 47.6 Å². The normalized spacial score (nSPS) is 9.69. The van der Waals surface area contributed by atoms with Gasteiger partial charge in [-0.1, -0.05) is 18.5 Å². The zero-order valence-corrected chi connectivity index (χ0v) is 10.0. The third-order valence-corrected chi connectivity index (χ3v) is 2.07. The van der Waals surface area contributed by atoms with Gasteiger partial charge in [0.15, 0.2) is 0 Å². The lowest BCUT2D eigenvalue weighted by Crippen LogP contribution is -2.14. The van der Waals surface area contributed by atoms with E-state index in [1.807, 2.05) is 6.92 Å². The van der Waals surface area contributed by atoms with Crippen molar-refractivity contribution < 1.29 is 14.3 Å². The van der Waals surface area contributed by atoms with Crippen LogP contribution >= 0.6 is 11.6 Å². The summed E-state index contributed by atoms with van der Waals surface area (Å²) in [6.45, 7) is 2.31. The molecule has 0 heterocycles. The maximum atomic E-state index is 11.3. The van der Waals surface area contributed by atoms with Gasteiger partial charge in [-0.05, 0) is 24.6 Å². The molecule has 0 aliphatic heterocycles. The highest BCUT2D eigenvalue weighted by molar-refractivity contribution is 6.31. The molecular weight excluding hydrogens is 230 g/mol. The fourth-order valence-electron chi connectivity index (χ4n) is 1.12. The zero-order chi connectivity index (χ0) is 12.0. The van der Waals surface area contributed by atoms with E-state index in [1.165, 1.54) is 7.11 Å². The number of methoxy groups -OCH3 is 1. The van der Waals surface area contributed by atoms with E-state index >= 15 is 0 Å². The van der Waals surface area contributed by atoms with Gasteiger partial charge < -0.3 is 9.47 Å². The minimum Gasteiger partial charge on any atom is -0.495 e. The van der Waals surface area contributed by atoms with Gasteiger partial charge in [-0.2, -0.15) is 0 Å². The summed E-state index contributed by atoms with van der Waals surface area (Å²) in [6.07, 6.45) is 0.266. The Bertz CT molecular complexity index is 368. The predicted octanol–water partition coefficient (Wildman–Crippen LogP) is 3.31. The van der Waals surface area contributed by atoms with Gasteiger partial charge in [0, 0.05) is 5.02 Å². The van der Waals surface area contributed by atoms with E-state index in [0.717, 1.165) is 6.42 Å². The van der Waals surface area contributed by atoms with Gasteiger partial charge in [-0.25, -0.2) is 4.79 Å². The second-order valence-corrected chi connectivity index (χ2v) is 3.54. The average Bonchev–Trinajstić information content (AvgIpc) is 2.27. The van der Waals surface area contributed by atoms with Crippen LogP contribution in [0.15, 0.2) is 18.2 Å². The number of ether oxygens (including phenoxy) is 2. The van der Waals surface area contributed by atoms with Gasteiger partial charge in [0.05, 0.1) is 19.4 Å². The van der Waals surface area contributed by atoms with Gasteiger partial charge in [0.25, 0.3) is 0 Å². The van der Waals surface area contributed by atoms with Crippen molar-refractivity contribution in [3.05, 3.63) is 23.2 Å². The number of anilines is 1. The summed E-state index contributed by atoms with van der Waals surface area (Å²) >= 11 is 5.81. The van der Waals surface area contributed by atoms with Crippen molar-refractivity contribution in [3.63, 3.8) is 0 Å². The zero-order valence-electron chi connectivity index (χ0n) is 9.25. The lowest BCUT2D eigenvalue weighted by molar-refractivity contribution is 0.161. The van der Waals surface area contributed by atoms with Crippen molar-refractivity contribution in [2.75, 3.05) is 19.0 Å². The van der Waals surface area contributed by atoms with Crippen LogP contribution in [-0.4, -0.2) is 19.8 Å². The van der Waals surface area contributed by atoms with Crippen LogP contribution in [0.1, 0.15) is 13.3 Å². The molecule has 0 fully saturated rings. The largest absolute Gasteiger partial charge is 0.495 e. The maximum absolute atomic E-state index is 11.3. The number of halogens is 1. The van der Waals surface area contributed by atoms with Crippen LogP contribution in [0, 0.1) is 0 Å². The third-order valence-electron chi connectivity index (χ3n) is 1.84. The standard InChI is InChI=1S/C11H14ClNO3/c1-3-6-16-11(14)13-9-7-8(12)4-5-10(9)15-2/h4-5,7H,3,6H2,1-2H3,(H,13,14). The molecule has 0 bridgehead atoms. The number of amides is 1. The molecule has 1 aromatic carbocycles. The van der Waals surface area contributed by atoms with Crippen molar-refractivity contribution in [3.8, 4) is 5.75 Å². The molecule has 1 rings (SSSR count). The van der Waals surface area contributed by atoms with Gasteiger partial charge >= 0.3 is 6.09 Å². The summed E-state index contributed by atoms with van der Waals surface area (Å²) < 4.78 is 9.96. The SMILES string of the molecule is CCCOC(=O)Nc1cc(Cl)ccc1OC. The van der Waals surface area contributed by atoms with Crippen LogP contribution in [0.3, 0.4) is 0 Å². The van der Waals surface area contributed by atoms with Crippen LogP contribution in [0.25, 0.3) is 0 Å².